The zero-order chi connectivity index (χ0) is 14.5. The second-order valence-electron chi connectivity index (χ2n) is 4.73. The summed E-state index contributed by atoms with van der Waals surface area (Å²) in [4.78, 5) is 7.35. The minimum atomic E-state index is -0.232. The summed E-state index contributed by atoms with van der Waals surface area (Å²) in [5.74, 6) is -0.232. The van der Waals surface area contributed by atoms with Crippen LogP contribution in [0.5, 0.6) is 0 Å². The van der Waals surface area contributed by atoms with Crippen LogP contribution in [0.3, 0.4) is 0 Å². The third kappa shape index (κ3) is 3.35. The number of halogens is 1. The lowest BCUT2D eigenvalue weighted by Crippen LogP contribution is -2.18. The van der Waals surface area contributed by atoms with Gasteiger partial charge >= 0.3 is 0 Å². The predicted octanol–water partition coefficient (Wildman–Crippen LogP) is 4.11. The summed E-state index contributed by atoms with van der Waals surface area (Å²) in [5, 5.41) is 4.23. The molecule has 0 aliphatic heterocycles. The summed E-state index contributed by atoms with van der Waals surface area (Å²) >= 11 is 1.59. The third-order valence-electron chi connectivity index (χ3n) is 3.14. The molecule has 0 fully saturated rings. The van der Waals surface area contributed by atoms with E-state index in [4.69, 9.17) is 0 Å². The van der Waals surface area contributed by atoms with Crippen molar-refractivity contribution >= 4 is 22.2 Å². The normalized spacial score (nSPS) is 12.4. The SMILES string of the molecule is CCCNC(C)c1cnc(N(C)c2ccccc2F)s1. The van der Waals surface area contributed by atoms with Gasteiger partial charge in [-0.3, -0.25) is 0 Å². The molecule has 1 aromatic carbocycles. The molecule has 0 amide bonds. The van der Waals surface area contributed by atoms with Gasteiger partial charge in [0.1, 0.15) is 5.82 Å². The van der Waals surface area contributed by atoms with Crippen molar-refractivity contribution in [1.82, 2.24) is 10.3 Å². The van der Waals surface area contributed by atoms with Gasteiger partial charge in [0.15, 0.2) is 5.13 Å². The molecule has 20 heavy (non-hydrogen) atoms. The Hall–Kier alpha value is -1.46. The van der Waals surface area contributed by atoms with Crippen molar-refractivity contribution in [3.05, 3.63) is 41.2 Å². The number of thiazole rings is 1. The van der Waals surface area contributed by atoms with Gasteiger partial charge in [0.2, 0.25) is 0 Å². The summed E-state index contributed by atoms with van der Waals surface area (Å²) in [6.07, 6.45) is 2.97. The lowest BCUT2D eigenvalue weighted by molar-refractivity contribution is 0.577. The van der Waals surface area contributed by atoms with Crippen LogP contribution in [0.4, 0.5) is 15.2 Å². The Morgan fingerprint density at radius 3 is 2.85 bits per heavy atom. The van der Waals surface area contributed by atoms with E-state index < -0.39 is 0 Å². The molecule has 0 saturated heterocycles. The fourth-order valence-corrected chi connectivity index (χ4v) is 2.84. The van der Waals surface area contributed by atoms with E-state index in [2.05, 4.69) is 24.1 Å². The number of hydrogen-bond acceptors (Lipinski definition) is 4. The largest absolute Gasteiger partial charge is 0.318 e. The first-order chi connectivity index (χ1) is 9.63. The average Bonchev–Trinajstić information content (AvgIpc) is 2.94. The highest BCUT2D eigenvalue weighted by Crippen LogP contribution is 2.31. The van der Waals surface area contributed by atoms with Gasteiger partial charge in [-0.25, -0.2) is 9.37 Å². The third-order valence-corrected chi connectivity index (χ3v) is 4.40. The van der Waals surface area contributed by atoms with Gasteiger partial charge in [-0.05, 0) is 32.0 Å². The van der Waals surface area contributed by atoms with Crippen LogP contribution in [0.1, 0.15) is 31.2 Å². The van der Waals surface area contributed by atoms with Crippen LogP contribution >= 0.6 is 11.3 Å². The molecular formula is C15H20FN3S. The van der Waals surface area contributed by atoms with E-state index in [9.17, 15) is 4.39 Å². The Labute approximate surface area is 123 Å². The van der Waals surface area contributed by atoms with Crippen LogP contribution < -0.4 is 10.2 Å². The molecule has 5 heteroatoms. The van der Waals surface area contributed by atoms with Crippen molar-refractivity contribution in [2.24, 2.45) is 0 Å². The van der Waals surface area contributed by atoms with Crippen LogP contribution in [-0.4, -0.2) is 18.6 Å². The Kier molecular flexibility index (Phi) is 5.09. The Bertz CT molecular complexity index is 556. The van der Waals surface area contributed by atoms with Crippen molar-refractivity contribution < 1.29 is 4.39 Å². The molecule has 3 nitrogen and oxygen atoms in total. The minimum Gasteiger partial charge on any atom is -0.318 e. The van der Waals surface area contributed by atoms with E-state index in [1.54, 1.807) is 28.4 Å². The van der Waals surface area contributed by atoms with Crippen LogP contribution in [0.2, 0.25) is 0 Å². The number of nitrogens with zero attached hydrogens (tertiary/aromatic N) is 2. The smallest absolute Gasteiger partial charge is 0.189 e. The minimum absolute atomic E-state index is 0.232. The molecule has 0 bridgehead atoms. The molecule has 1 heterocycles. The maximum atomic E-state index is 13.8. The van der Waals surface area contributed by atoms with E-state index in [1.807, 2.05) is 19.3 Å². The van der Waals surface area contributed by atoms with Crippen molar-refractivity contribution in [2.45, 2.75) is 26.3 Å². The first-order valence-electron chi connectivity index (χ1n) is 6.80. The number of rotatable bonds is 6. The van der Waals surface area contributed by atoms with Gasteiger partial charge in [-0.1, -0.05) is 30.4 Å². The summed E-state index contributed by atoms with van der Waals surface area (Å²) in [6.45, 7) is 5.25. The monoisotopic (exact) mass is 293 g/mol. The van der Waals surface area contributed by atoms with E-state index in [0.29, 0.717) is 5.69 Å². The van der Waals surface area contributed by atoms with Gasteiger partial charge in [-0.15, -0.1) is 0 Å². The second kappa shape index (κ2) is 6.81. The highest BCUT2D eigenvalue weighted by atomic mass is 32.1. The summed E-state index contributed by atoms with van der Waals surface area (Å²) in [7, 11) is 1.84. The molecular weight excluding hydrogens is 273 g/mol. The summed E-state index contributed by atoms with van der Waals surface area (Å²) in [6, 6.07) is 7.02. The van der Waals surface area contributed by atoms with Gasteiger partial charge < -0.3 is 10.2 Å². The predicted molar refractivity (Wildman–Crippen MR) is 83.3 cm³/mol. The van der Waals surface area contributed by atoms with E-state index in [0.717, 1.165) is 23.0 Å². The molecule has 0 aliphatic carbocycles. The second-order valence-corrected chi connectivity index (χ2v) is 5.77. The first kappa shape index (κ1) is 14.9. The van der Waals surface area contributed by atoms with Gasteiger partial charge in [0.05, 0.1) is 5.69 Å². The summed E-state index contributed by atoms with van der Waals surface area (Å²) < 4.78 is 13.8. The molecule has 1 N–H and O–H groups in total. The fourth-order valence-electron chi connectivity index (χ4n) is 1.92. The fraction of sp³-hybridized carbons (Fsp3) is 0.400. The molecule has 0 spiro atoms. The van der Waals surface area contributed by atoms with Crippen LogP contribution in [0.25, 0.3) is 0 Å². The molecule has 1 unspecified atom stereocenters. The average molecular weight is 293 g/mol. The standard InChI is InChI=1S/C15H20FN3S/c1-4-9-17-11(2)14-10-18-15(20-14)19(3)13-8-6-5-7-12(13)16/h5-8,10-11,17H,4,9H2,1-3H3. The Morgan fingerprint density at radius 1 is 1.40 bits per heavy atom. The first-order valence-corrected chi connectivity index (χ1v) is 7.62. The zero-order valence-corrected chi connectivity index (χ0v) is 12.9. The van der Waals surface area contributed by atoms with Gasteiger partial charge in [0, 0.05) is 24.2 Å². The molecule has 2 aromatic rings. The van der Waals surface area contributed by atoms with Gasteiger partial charge in [-0.2, -0.15) is 0 Å². The van der Waals surface area contributed by atoms with Gasteiger partial charge in [0.25, 0.3) is 0 Å². The lowest BCUT2D eigenvalue weighted by Gasteiger charge is -2.16. The van der Waals surface area contributed by atoms with Crippen molar-refractivity contribution in [1.29, 1.82) is 0 Å². The lowest BCUT2D eigenvalue weighted by atomic mass is 10.3. The topological polar surface area (TPSA) is 28.2 Å². The Balaban J connectivity index is 2.14. The molecule has 0 radical (unpaired) electrons. The number of aromatic nitrogens is 1. The highest BCUT2D eigenvalue weighted by molar-refractivity contribution is 7.15. The van der Waals surface area contributed by atoms with E-state index in [-0.39, 0.29) is 11.9 Å². The van der Waals surface area contributed by atoms with E-state index in [1.165, 1.54) is 6.07 Å². The number of anilines is 2. The molecule has 1 aromatic heterocycles. The highest BCUT2D eigenvalue weighted by Gasteiger charge is 2.14. The molecule has 108 valence electrons. The van der Waals surface area contributed by atoms with Crippen molar-refractivity contribution in [3.63, 3.8) is 0 Å². The number of nitrogens with one attached hydrogen (secondary N) is 1. The molecule has 1 atom stereocenters. The van der Waals surface area contributed by atoms with Crippen molar-refractivity contribution in [3.8, 4) is 0 Å². The maximum Gasteiger partial charge on any atom is 0.189 e. The number of para-hydroxylation sites is 1. The zero-order valence-electron chi connectivity index (χ0n) is 12.1. The van der Waals surface area contributed by atoms with E-state index >= 15 is 0 Å². The van der Waals surface area contributed by atoms with Crippen molar-refractivity contribution in [2.75, 3.05) is 18.5 Å². The Morgan fingerprint density at radius 2 is 2.15 bits per heavy atom. The molecule has 0 saturated carbocycles. The van der Waals surface area contributed by atoms with Crippen LogP contribution in [0.15, 0.2) is 30.5 Å². The maximum absolute atomic E-state index is 13.8. The number of benzene rings is 1. The molecule has 2 rings (SSSR count). The molecule has 0 aliphatic rings. The number of hydrogen-bond donors (Lipinski definition) is 1. The quantitative estimate of drug-likeness (QED) is 0.868. The van der Waals surface area contributed by atoms with Crippen LogP contribution in [0, 0.1) is 5.82 Å². The summed E-state index contributed by atoms with van der Waals surface area (Å²) in [5.41, 5.74) is 0.544. The van der Waals surface area contributed by atoms with Crippen LogP contribution in [-0.2, 0) is 0 Å².